The highest BCUT2D eigenvalue weighted by molar-refractivity contribution is 5.91. The molecule has 0 radical (unpaired) electrons. The number of nitrogens with one attached hydrogen (secondary N) is 1. The van der Waals surface area contributed by atoms with Gasteiger partial charge in [0.05, 0.1) is 18.2 Å². The Morgan fingerprint density at radius 2 is 2.21 bits per heavy atom. The van der Waals surface area contributed by atoms with Crippen LogP contribution in [0, 0.1) is 23.7 Å². The van der Waals surface area contributed by atoms with E-state index in [1.165, 1.54) is 6.07 Å². The largest absolute Gasteiger partial charge is 0.480 e. The van der Waals surface area contributed by atoms with Crippen molar-refractivity contribution in [3.8, 4) is 18.4 Å². The molecule has 1 rings (SSSR count). The minimum Gasteiger partial charge on any atom is -0.480 e. The van der Waals surface area contributed by atoms with Crippen molar-refractivity contribution in [2.45, 2.75) is 0 Å². The summed E-state index contributed by atoms with van der Waals surface area (Å²) in [5.74, 6) is 1.06. The van der Waals surface area contributed by atoms with Gasteiger partial charge in [0.2, 0.25) is 0 Å². The van der Waals surface area contributed by atoms with Gasteiger partial charge in [-0.25, -0.2) is 4.79 Å². The molecule has 0 saturated heterocycles. The number of carboxylic acids is 1. The van der Waals surface area contributed by atoms with E-state index in [1.54, 1.807) is 18.2 Å². The van der Waals surface area contributed by atoms with Gasteiger partial charge in [0.15, 0.2) is 0 Å². The molecule has 0 aliphatic rings. The van der Waals surface area contributed by atoms with E-state index in [-0.39, 0.29) is 6.54 Å². The van der Waals surface area contributed by atoms with Gasteiger partial charge in [-0.2, -0.15) is 5.26 Å². The number of nitriles is 1. The second kappa shape index (κ2) is 6.67. The molecule has 19 heavy (non-hydrogen) atoms. The Kier molecular flexibility index (Phi) is 4.94. The van der Waals surface area contributed by atoms with Crippen LogP contribution in [0.25, 0.3) is 0 Å². The Hall–Kier alpha value is -2.99. The highest BCUT2D eigenvalue weighted by atomic mass is 16.4. The van der Waals surface area contributed by atoms with Crippen molar-refractivity contribution >= 4 is 17.7 Å². The fourth-order valence-electron chi connectivity index (χ4n) is 1.34. The fraction of sp³-hybridized carbons (Fsp3) is 0.154. The van der Waals surface area contributed by atoms with Crippen LogP contribution >= 0.6 is 0 Å². The van der Waals surface area contributed by atoms with Gasteiger partial charge in [-0.15, -0.1) is 6.42 Å². The van der Waals surface area contributed by atoms with Gasteiger partial charge in [0.1, 0.15) is 6.54 Å². The Morgan fingerprint density at radius 1 is 1.47 bits per heavy atom. The maximum absolute atomic E-state index is 11.8. The summed E-state index contributed by atoms with van der Waals surface area (Å²) >= 11 is 0. The van der Waals surface area contributed by atoms with E-state index in [0.717, 1.165) is 4.90 Å². The number of hydrogen-bond donors (Lipinski definition) is 2. The number of anilines is 1. The third-order valence-electron chi connectivity index (χ3n) is 2.14. The van der Waals surface area contributed by atoms with E-state index >= 15 is 0 Å². The predicted octanol–water partition coefficient (Wildman–Crippen LogP) is 1.11. The molecule has 6 nitrogen and oxygen atoms in total. The molecule has 0 unspecified atom stereocenters. The molecule has 1 aromatic rings. The molecule has 1 aromatic carbocycles. The zero-order valence-corrected chi connectivity index (χ0v) is 9.96. The van der Waals surface area contributed by atoms with Crippen LogP contribution in [-0.4, -0.2) is 35.1 Å². The molecule has 0 fully saturated rings. The monoisotopic (exact) mass is 257 g/mol. The van der Waals surface area contributed by atoms with E-state index in [1.807, 2.05) is 6.07 Å². The van der Waals surface area contributed by atoms with Gasteiger partial charge in [-0.3, -0.25) is 4.79 Å². The third-order valence-corrected chi connectivity index (χ3v) is 2.14. The lowest BCUT2D eigenvalue weighted by atomic mass is 10.2. The molecule has 0 aromatic heterocycles. The average molecular weight is 257 g/mol. The first-order chi connectivity index (χ1) is 9.06. The van der Waals surface area contributed by atoms with Crippen LogP contribution in [0.2, 0.25) is 0 Å². The van der Waals surface area contributed by atoms with Crippen LogP contribution in [0.3, 0.4) is 0 Å². The van der Waals surface area contributed by atoms with Crippen molar-refractivity contribution < 1.29 is 14.7 Å². The number of carbonyl (C=O) groups is 2. The van der Waals surface area contributed by atoms with E-state index in [9.17, 15) is 9.59 Å². The van der Waals surface area contributed by atoms with Gasteiger partial charge in [-0.05, 0) is 18.2 Å². The maximum atomic E-state index is 11.8. The summed E-state index contributed by atoms with van der Waals surface area (Å²) in [6.07, 6.45) is 5.07. The Morgan fingerprint density at radius 3 is 2.79 bits per heavy atom. The van der Waals surface area contributed by atoms with Gasteiger partial charge < -0.3 is 15.3 Å². The van der Waals surface area contributed by atoms with Crippen molar-refractivity contribution in [2.24, 2.45) is 0 Å². The molecular formula is C13H11N3O3. The lowest BCUT2D eigenvalue weighted by Crippen LogP contribution is -2.39. The zero-order chi connectivity index (χ0) is 14.3. The predicted molar refractivity (Wildman–Crippen MR) is 68.2 cm³/mol. The van der Waals surface area contributed by atoms with Crippen molar-refractivity contribution in [3.05, 3.63) is 29.8 Å². The lowest BCUT2D eigenvalue weighted by molar-refractivity contribution is -0.137. The molecule has 0 atom stereocenters. The summed E-state index contributed by atoms with van der Waals surface area (Å²) in [6, 6.07) is 7.57. The highest BCUT2D eigenvalue weighted by Gasteiger charge is 2.15. The number of benzene rings is 1. The third kappa shape index (κ3) is 4.41. The number of amides is 2. The van der Waals surface area contributed by atoms with Gasteiger partial charge in [-0.1, -0.05) is 12.0 Å². The average Bonchev–Trinajstić information content (AvgIpc) is 2.38. The summed E-state index contributed by atoms with van der Waals surface area (Å²) in [6.45, 7) is -0.607. The van der Waals surface area contributed by atoms with Crippen LogP contribution in [0.5, 0.6) is 0 Å². The Balaban J connectivity index is 2.78. The minimum absolute atomic E-state index is 0.115. The first-order valence-corrected chi connectivity index (χ1v) is 5.28. The van der Waals surface area contributed by atoms with Crippen molar-refractivity contribution in [2.75, 3.05) is 18.4 Å². The smallest absolute Gasteiger partial charge is 0.323 e. The summed E-state index contributed by atoms with van der Waals surface area (Å²) < 4.78 is 0. The van der Waals surface area contributed by atoms with Crippen LogP contribution in [0.4, 0.5) is 10.5 Å². The summed E-state index contributed by atoms with van der Waals surface area (Å²) in [4.78, 5) is 23.4. The molecule has 0 bridgehead atoms. The molecule has 0 aliphatic carbocycles. The molecule has 0 spiro atoms. The minimum atomic E-state index is -1.16. The van der Waals surface area contributed by atoms with E-state index in [2.05, 4.69) is 11.2 Å². The van der Waals surface area contributed by atoms with Crippen molar-refractivity contribution in [1.82, 2.24) is 4.90 Å². The molecule has 0 heterocycles. The highest BCUT2D eigenvalue weighted by Crippen LogP contribution is 2.10. The molecule has 2 N–H and O–H groups in total. The van der Waals surface area contributed by atoms with Crippen LogP contribution in [0.15, 0.2) is 24.3 Å². The SMILES string of the molecule is C#CCN(CC(=O)O)C(=O)Nc1cccc(C#N)c1. The Labute approximate surface area is 110 Å². The van der Waals surface area contributed by atoms with E-state index in [0.29, 0.717) is 11.3 Å². The second-order valence-electron chi connectivity index (χ2n) is 3.58. The van der Waals surface area contributed by atoms with Crippen molar-refractivity contribution in [3.63, 3.8) is 0 Å². The first kappa shape index (κ1) is 14.1. The molecule has 0 saturated carbocycles. The summed E-state index contributed by atoms with van der Waals surface area (Å²) in [7, 11) is 0. The fourth-order valence-corrected chi connectivity index (χ4v) is 1.34. The van der Waals surface area contributed by atoms with E-state index in [4.69, 9.17) is 16.8 Å². The zero-order valence-electron chi connectivity index (χ0n) is 9.96. The molecule has 0 aliphatic heterocycles. The van der Waals surface area contributed by atoms with Crippen LogP contribution < -0.4 is 5.32 Å². The number of aliphatic carboxylic acids is 1. The number of rotatable bonds is 4. The van der Waals surface area contributed by atoms with E-state index < -0.39 is 18.5 Å². The number of carboxylic acid groups (broad SMARTS) is 1. The number of carbonyl (C=O) groups excluding carboxylic acids is 1. The normalized spacial score (nSPS) is 8.95. The quantitative estimate of drug-likeness (QED) is 0.790. The first-order valence-electron chi connectivity index (χ1n) is 5.28. The van der Waals surface area contributed by atoms with Crippen LogP contribution in [-0.2, 0) is 4.79 Å². The molecule has 6 heteroatoms. The summed E-state index contributed by atoms with van der Waals surface area (Å²) in [5.41, 5.74) is 0.788. The number of nitrogens with zero attached hydrogens (tertiary/aromatic N) is 2. The van der Waals surface area contributed by atoms with Crippen LogP contribution in [0.1, 0.15) is 5.56 Å². The van der Waals surface area contributed by atoms with Gasteiger partial charge in [0, 0.05) is 5.69 Å². The number of urea groups is 1. The second-order valence-corrected chi connectivity index (χ2v) is 3.58. The topological polar surface area (TPSA) is 93.4 Å². The van der Waals surface area contributed by atoms with Gasteiger partial charge in [0.25, 0.3) is 0 Å². The maximum Gasteiger partial charge on any atom is 0.323 e. The van der Waals surface area contributed by atoms with Gasteiger partial charge >= 0.3 is 12.0 Å². The van der Waals surface area contributed by atoms with Crippen molar-refractivity contribution in [1.29, 1.82) is 5.26 Å². The lowest BCUT2D eigenvalue weighted by Gasteiger charge is -2.18. The molecule has 2 amide bonds. The number of terminal acetylenes is 1. The number of hydrogen-bond acceptors (Lipinski definition) is 3. The molecular weight excluding hydrogens is 246 g/mol. The molecule has 96 valence electrons. The standard InChI is InChI=1S/C13H11N3O3/c1-2-6-16(9-12(17)18)13(19)15-11-5-3-4-10(7-11)8-14/h1,3-5,7H,6,9H2,(H,15,19)(H,17,18). The Bertz CT molecular complexity index is 569. The summed E-state index contributed by atoms with van der Waals surface area (Å²) in [5, 5.41) is 19.9.